The fourth-order valence-corrected chi connectivity index (χ4v) is 4.12. The van der Waals surface area contributed by atoms with E-state index in [0.29, 0.717) is 6.61 Å². The van der Waals surface area contributed by atoms with Crippen LogP contribution in [0.1, 0.15) is 43.5 Å². The second-order valence-corrected chi connectivity index (χ2v) is 7.35. The number of fused-ring (bicyclic) bond motifs is 1. The summed E-state index contributed by atoms with van der Waals surface area (Å²) in [6, 6.07) is 11.9. The number of halogens is 1. The van der Waals surface area contributed by atoms with Gasteiger partial charge in [0.1, 0.15) is 11.6 Å². The van der Waals surface area contributed by atoms with Crippen LogP contribution in [0, 0.1) is 5.82 Å². The third-order valence-electron chi connectivity index (χ3n) is 4.36. The average molecular weight is 374 g/mol. The predicted molar refractivity (Wildman–Crippen MR) is 102 cm³/mol. The first-order chi connectivity index (χ1) is 12.6. The minimum Gasteiger partial charge on any atom is -0.494 e. The third kappa shape index (κ3) is 4.49. The Morgan fingerprint density at radius 1 is 1.31 bits per heavy atom. The number of thioether (sulfide) groups is 1. The fourth-order valence-electron chi connectivity index (χ4n) is 3.01. The maximum atomic E-state index is 13.6. The van der Waals surface area contributed by atoms with Gasteiger partial charge in [0.2, 0.25) is 0 Å². The highest BCUT2D eigenvalue weighted by atomic mass is 32.2. The van der Waals surface area contributed by atoms with Crippen molar-refractivity contribution in [3.05, 3.63) is 59.4 Å². The lowest BCUT2D eigenvalue weighted by molar-refractivity contribution is 0.233. The first-order valence-electron chi connectivity index (χ1n) is 8.79. The van der Waals surface area contributed by atoms with Crippen LogP contribution in [0.3, 0.4) is 0 Å². The van der Waals surface area contributed by atoms with Crippen LogP contribution in [-0.2, 0) is 0 Å². The highest BCUT2D eigenvalue weighted by Crippen LogP contribution is 2.36. The van der Waals surface area contributed by atoms with Gasteiger partial charge in [-0.05, 0) is 61.7 Å². The minimum absolute atomic E-state index is 0.143. The largest absolute Gasteiger partial charge is 0.494 e. The first-order valence-corrected chi connectivity index (χ1v) is 9.77. The van der Waals surface area contributed by atoms with Crippen LogP contribution in [0.5, 0.6) is 5.75 Å². The Hall–Kier alpha value is -2.21. The molecule has 138 valence electrons. The zero-order chi connectivity index (χ0) is 18.5. The number of carbonyl (C=O) groups excluding carboxylic acids is 1. The molecule has 4 nitrogen and oxygen atoms in total. The molecular weight excluding hydrogens is 351 g/mol. The molecule has 1 heterocycles. The molecule has 0 saturated heterocycles. The van der Waals surface area contributed by atoms with Crippen molar-refractivity contribution in [2.75, 3.05) is 12.4 Å². The molecule has 2 amide bonds. The molecule has 0 bridgehead atoms. The van der Waals surface area contributed by atoms with Crippen molar-refractivity contribution in [3.63, 3.8) is 0 Å². The Labute approximate surface area is 157 Å². The number of rotatable bonds is 5. The van der Waals surface area contributed by atoms with Crippen molar-refractivity contribution < 1.29 is 13.9 Å². The number of carbonyl (C=O) groups is 1. The van der Waals surface area contributed by atoms with Crippen molar-refractivity contribution in [1.82, 2.24) is 10.6 Å². The Morgan fingerprint density at radius 2 is 2.08 bits per heavy atom. The van der Waals surface area contributed by atoms with E-state index >= 15 is 0 Å². The van der Waals surface area contributed by atoms with E-state index in [1.165, 1.54) is 12.1 Å². The van der Waals surface area contributed by atoms with Crippen LogP contribution in [0.2, 0.25) is 0 Å². The highest BCUT2D eigenvalue weighted by molar-refractivity contribution is 7.99. The summed E-state index contributed by atoms with van der Waals surface area (Å²) in [6.07, 6.45) is 0.784. The van der Waals surface area contributed by atoms with Gasteiger partial charge in [0.15, 0.2) is 0 Å². The molecular formula is C20H23FN2O2S. The van der Waals surface area contributed by atoms with E-state index < -0.39 is 0 Å². The Morgan fingerprint density at radius 3 is 2.81 bits per heavy atom. The molecule has 2 atom stereocenters. The van der Waals surface area contributed by atoms with Gasteiger partial charge in [-0.15, -0.1) is 11.8 Å². The zero-order valence-electron chi connectivity index (χ0n) is 14.9. The molecule has 26 heavy (non-hydrogen) atoms. The topological polar surface area (TPSA) is 50.4 Å². The summed E-state index contributed by atoms with van der Waals surface area (Å²) < 4.78 is 19.0. The number of ether oxygens (including phenoxy) is 1. The third-order valence-corrected chi connectivity index (χ3v) is 5.48. The average Bonchev–Trinajstić information content (AvgIpc) is 2.63. The molecule has 6 heteroatoms. The predicted octanol–water partition coefficient (Wildman–Crippen LogP) is 4.82. The van der Waals surface area contributed by atoms with E-state index in [-0.39, 0.29) is 23.9 Å². The molecule has 0 aromatic heterocycles. The zero-order valence-corrected chi connectivity index (χ0v) is 15.7. The monoisotopic (exact) mass is 374 g/mol. The highest BCUT2D eigenvalue weighted by Gasteiger charge is 2.23. The van der Waals surface area contributed by atoms with Gasteiger partial charge in [-0.3, -0.25) is 0 Å². The molecule has 2 unspecified atom stereocenters. The second-order valence-electron chi connectivity index (χ2n) is 6.21. The van der Waals surface area contributed by atoms with Gasteiger partial charge in [0.25, 0.3) is 0 Å². The van der Waals surface area contributed by atoms with E-state index in [4.69, 9.17) is 4.74 Å². The van der Waals surface area contributed by atoms with E-state index in [1.54, 1.807) is 17.8 Å². The molecule has 0 saturated carbocycles. The van der Waals surface area contributed by atoms with Crippen molar-refractivity contribution in [3.8, 4) is 5.75 Å². The van der Waals surface area contributed by atoms with Crippen LogP contribution in [0.15, 0.2) is 47.4 Å². The van der Waals surface area contributed by atoms with Crippen LogP contribution >= 0.6 is 11.8 Å². The maximum Gasteiger partial charge on any atom is 0.315 e. The molecule has 0 spiro atoms. The quantitative estimate of drug-likeness (QED) is 0.789. The van der Waals surface area contributed by atoms with Gasteiger partial charge in [-0.1, -0.05) is 12.1 Å². The van der Waals surface area contributed by atoms with Crippen LogP contribution in [0.25, 0.3) is 0 Å². The number of nitrogens with one attached hydrogen (secondary N) is 2. The number of urea groups is 1. The molecule has 1 aliphatic rings. The number of hydrogen-bond donors (Lipinski definition) is 2. The molecule has 1 aliphatic heterocycles. The van der Waals surface area contributed by atoms with Crippen LogP contribution in [-0.4, -0.2) is 18.4 Å². The van der Waals surface area contributed by atoms with Crippen molar-refractivity contribution in [2.24, 2.45) is 0 Å². The molecule has 2 N–H and O–H groups in total. The molecule has 2 aromatic carbocycles. The van der Waals surface area contributed by atoms with Gasteiger partial charge in [0.05, 0.1) is 18.7 Å². The van der Waals surface area contributed by atoms with Crippen LogP contribution < -0.4 is 15.4 Å². The molecule has 0 fully saturated rings. The lowest BCUT2D eigenvalue weighted by atomic mass is 10.0. The van der Waals surface area contributed by atoms with Gasteiger partial charge in [-0.25, -0.2) is 9.18 Å². The van der Waals surface area contributed by atoms with Crippen molar-refractivity contribution >= 4 is 17.8 Å². The van der Waals surface area contributed by atoms with Crippen molar-refractivity contribution in [1.29, 1.82) is 0 Å². The Bertz CT molecular complexity index is 767. The summed E-state index contributed by atoms with van der Waals surface area (Å²) in [4.78, 5) is 13.4. The van der Waals surface area contributed by atoms with E-state index in [1.807, 2.05) is 38.1 Å². The van der Waals surface area contributed by atoms with Crippen molar-refractivity contribution in [2.45, 2.75) is 37.2 Å². The summed E-state index contributed by atoms with van der Waals surface area (Å²) in [5.74, 6) is 1.44. The van der Waals surface area contributed by atoms with Gasteiger partial charge < -0.3 is 15.4 Å². The summed E-state index contributed by atoms with van der Waals surface area (Å²) >= 11 is 1.69. The summed E-state index contributed by atoms with van der Waals surface area (Å²) in [5, 5.41) is 5.93. The Kier molecular flexibility index (Phi) is 6.04. The van der Waals surface area contributed by atoms with E-state index in [2.05, 4.69) is 10.6 Å². The summed E-state index contributed by atoms with van der Waals surface area (Å²) in [7, 11) is 0. The van der Waals surface area contributed by atoms with E-state index in [0.717, 1.165) is 33.9 Å². The number of benzene rings is 2. The molecule has 0 radical (unpaired) electrons. The standard InChI is InChI=1S/C20H23FN2O2S/c1-3-25-16-7-4-14(5-8-16)13(2)22-20(24)23-18-10-11-26-19-9-6-15(21)12-17(18)19/h4-9,12-13,18H,3,10-11H2,1-2H3,(H2,22,23,24). The molecule has 0 aliphatic carbocycles. The second kappa shape index (κ2) is 8.45. The van der Waals surface area contributed by atoms with Gasteiger partial charge >= 0.3 is 6.03 Å². The van der Waals surface area contributed by atoms with Crippen LogP contribution in [0.4, 0.5) is 9.18 Å². The lowest BCUT2D eigenvalue weighted by Crippen LogP contribution is -2.40. The molecule has 3 rings (SSSR count). The summed E-state index contributed by atoms with van der Waals surface area (Å²) in [6.45, 7) is 4.49. The smallest absolute Gasteiger partial charge is 0.315 e. The number of amides is 2. The maximum absolute atomic E-state index is 13.6. The fraction of sp³-hybridized carbons (Fsp3) is 0.350. The number of hydrogen-bond acceptors (Lipinski definition) is 3. The lowest BCUT2D eigenvalue weighted by Gasteiger charge is -2.27. The normalized spacial score (nSPS) is 17.1. The molecule has 2 aromatic rings. The van der Waals surface area contributed by atoms with Gasteiger partial charge in [0, 0.05) is 10.6 Å². The summed E-state index contributed by atoms with van der Waals surface area (Å²) in [5.41, 5.74) is 1.85. The SMILES string of the molecule is CCOc1ccc(C(C)NC(=O)NC2CCSc3ccc(F)cc32)cc1. The Balaban J connectivity index is 1.61. The minimum atomic E-state index is -0.277. The first kappa shape index (κ1) is 18.6. The van der Waals surface area contributed by atoms with Gasteiger partial charge in [-0.2, -0.15) is 0 Å². The van der Waals surface area contributed by atoms with E-state index in [9.17, 15) is 9.18 Å².